The molecule has 0 aliphatic heterocycles. The number of nitrogens with two attached hydrogens (primary N) is 1. The van der Waals surface area contributed by atoms with Crippen LogP contribution in [0.1, 0.15) is 44.3 Å². The monoisotopic (exact) mass is 277 g/mol. The Labute approximate surface area is 109 Å². The number of aromatic nitrogens is 2. The largest absolute Gasteiger partial charge is 0.396 e. The van der Waals surface area contributed by atoms with Gasteiger partial charge in [0.2, 0.25) is 5.89 Å². The third-order valence-corrected chi connectivity index (χ3v) is 3.90. The molecule has 1 aromatic heterocycles. The molecule has 1 saturated carbocycles. The molecule has 19 heavy (non-hydrogen) atoms. The number of rotatable bonds is 3. The van der Waals surface area contributed by atoms with Crippen LogP contribution in [0.5, 0.6) is 0 Å². The first kappa shape index (κ1) is 14.3. The molecule has 1 aliphatic carbocycles. The van der Waals surface area contributed by atoms with Gasteiger partial charge < -0.3 is 10.3 Å². The van der Waals surface area contributed by atoms with Crippen molar-refractivity contribution in [2.75, 3.05) is 6.54 Å². The molecule has 0 atom stereocenters. The Bertz CT molecular complexity index is 422. The zero-order valence-corrected chi connectivity index (χ0v) is 10.8. The van der Waals surface area contributed by atoms with E-state index in [1.807, 2.05) is 0 Å². The SMILES string of the molecule is CC1CCC(CN)(c2nc(CC(F)(F)F)no2)CC1. The van der Waals surface area contributed by atoms with E-state index in [2.05, 4.69) is 17.1 Å². The van der Waals surface area contributed by atoms with E-state index in [9.17, 15) is 13.2 Å². The van der Waals surface area contributed by atoms with Crippen LogP contribution in [0.2, 0.25) is 0 Å². The minimum absolute atomic E-state index is 0.265. The second-order valence-corrected chi connectivity index (χ2v) is 5.47. The van der Waals surface area contributed by atoms with Crippen LogP contribution in [0.4, 0.5) is 13.2 Å². The van der Waals surface area contributed by atoms with Crippen molar-refractivity contribution in [2.24, 2.45) is 11.7 Å². The summed E-state index contributed by atoms with van der Waals surface area (Å²) < 4.78 is 41.9. The van der Waals surface area contributed by atoms with E-state index in [1.54, 1.807) is 0 Å². The van der Waals surface area contributed by atoms with Crippen molar-refractivity contribution in [3.63, 3.8) is 0 Å². The summed E-state index contributed by atoms with van der Waals surface area (Å²) >= 11 is 0. The van der Waals surface area contributed by atoms with Crippen LogP contribution in [0.25, 0.3) is 0 Å². The maximum atomic E-state index is 12.3. The molecular formula is C12H18F3N3O. The van der Waals surface area contributed by atoms with E-state index in [-0.39, 0.29) is 11.7 Å². The number of hydrogen-bond donors (Lipinski definition) is 1. The van der Waals surface area contributed by atoms with Gasteiger partial charge in [0.25, 0.3) is 0 Å². The molecule has 0 aromatic carbocycles. The van der Waals surface area contributed by atoms with Gasteiger partial charge in [-0.25, -0.2) is 0 Å². The summed E-state index contributed by atoms with van der Waals surface area (Å²) in [6.07, 6.45) is -1.94. The Morgan fingerprint density at radius 1 is 1.37 bits per heavy atom. The Morgan fingerprint density at radius 2 is 2.00 bits per heavy atom. The van der Waals surface area contributed by atoms with Gasteiger partial charge in [-0.3, -0.25) is 0 Å². The van der Waals surface area contributed by atoms with Crippen molar-refractivity contribution in [1.82, 2.24) is 10.1 Å². The molecule has 2 rings (SSSR count). The smallest absolute Gasteiger partial charge is 0.339 e. The van der Waals surface area contributed by atoms with E-state index in [0.717, 1.165) is 25.7 Å². The molecule has 2 N–H and O–H groups in total. The van der Waals surface area contributed by atoms with Crippen LogP contribution in [0.3, 0.4) is 0 Å². The second kappa shape index (κ2) is 5.11. The average Bonchev–Trinajstić information content (AvgIpc) is 2.77. The standard InChI is InChI=1S/C12H18F3N3O/c1-8-2-4-11(7-16,5-3-8)10-17-9(18-19-10)6-12(13,14)15/h8H,2-7,16H2,1H3. The lowest BCUT2D eigenvalue weighted by atomic mass is 9.71. The van der Waals surface area contributed by atoms with E-state index in [4.69, 9.17) is 10.3 Å². The zero-order valence-electron chi connectivity index (χ0n) is 10.8. The predicted molar refractivity (Wildman–Crippen MR) is 62.4 cm³/mol. The first-order valence-corrected chi connectivity index (χ1v) is 6.44. The highest BCUT2D eigenvalue weighted by Gasteiger charge is 2.40. The third kappa shape index (κ3) is 3.26. The van der Waals surface area contributed by atoms with Gasteiger partial charge in [0.1, 0.15) is 6.42 Å². The summed E-state index contributed by atoms with van der Waals surface area (Å²) in [5, 5.41) is 3.43. The highest BCUT2D eigenvalue weighted by Crippen LogP contribution is 2.40. The molecule has 0 bridgehead atoms. The lowest BCUT2D eigenvalue weighted by molar-refractivity contribution is -0.128. The fraction of sp³-hybridized carbons (Fsp3) is 0.833. The minimum atomic E-state index is -4.32. The fourth-order valence-electron chi connectivity index (χ4n) is 2.54. The summed E-state index contributed by atoms with van der Waals surface area (Å²) in [5.74, 6) is 0.562. The third-order valence-electron chi connectivity index (χ3n) is 3.90. The molecular weight excluding hydrogens is 259 g/mol. The van der Waals surface area contributed by atoms with Gasteiger partial charge in [0.05, 0.1) is 5.41 Å². The van der Waals surface area contributed by atoms with Crippen molar-refractivity contribution in [3.8, 4) is 0 Å². The van der Waals surface area contributed by atoms with E-state index < -0.39 is 18.0 Å². The van der Waals surface area contributed by atoms with Crippen LogP contribution in [-0.2, 0) is 11.8 Å². The van der Waals surface area contributed by atoms with Crippen LogP contribution < -0.4 is 5.73 Å². The van der Waals surface area contributed by atoms with E-state index >= 15 is 0 Å². The molecule has 1 heterocycles. The second-order valence-electron chi connectivity index (χ2n) is 5.47. The normalized spacial score (nSPS) is 28.6. The molecule has 4 nitrogen and oxygen atoms in total. The number of halogens is 3. The topological polar surface area (TPSA) is 64.9 Å². The van der Waals surface area contributed by atoms with Gasteiger partial charge in [-0.2, -0.15) is 18.2 Å². The van der Waals surface area contributed by atoms with Gasteiger partial charge in [0.15, 0.2) is 5.82 Å². The summed E-state index contributed by atoms with van der Waals surface area (Å²) in [5.41, 5.74) is 5.36. The lowest BCUT2D eigenvalue weighted by Gasteiger charge is -2.35. The molecule has 0 radical (unpaired) electrons. The molecule has 7 heteroatoms. The molecule has 0 unspecified atom stereocenters. The number of alkyl halides is 3. The maximum Gasteiger partial charge on any atom is 0.396 e. The van der Waals surface area contributed by atoms with Gasteiger partial charge >= 0.3 is 6.18 Å². The number of hydrogen-bond acceptors (Lipinski definition) is 4. The summed E-state index contributed by atoms with van der Waals surface area (Å²) in [6.45, 7) is 2.48. The minimum Gasteiger partial charge on any atom is -0.339 e. The molecule has 1 aromatic rings. The number of nitrogens with zero attached hydrogens (tertiary/aromatic N) is 2. The van der Waals surface area contributed by atoms with Crippen LogP contribution >= 0.6 is 0 Å². The van der Waals surface area contributed by atoms with E-state index in [1.165, 1.54) is 0 Å². The first-order valence-electron chi connectivity index (χ1n) is 6.44. The lowest BCUT2D eigenvalue weighted by Crippen LogP contribution is -2.39. The molecule has 1 aliphatic rings. The molecule has 1 fully saturated rings. The van der Waals surface area contributed by atoms with Gasteiger partial charge in [-0.15, -0.1) is 0 Å². The Kier molecular flexibility index (Phi) is 3.85. The van der Waals surface area contributed by atoms with Crippen molar-refractivity contribution in [1.29, 1.82) is 0 Å². The van der Waals surface area contributed by atoms with Gasteiger partial charge in [-0.05, 0) is 31.6 Å². The molecule has 0 amide bonds. The van der Waals surface area contributed by atoms with Crippen LogP contribution in [-0.4, -0.2) is 22.9 Å². The quantitative estimate of drug-likeness (QED) is 0.922. The fourth-order valence-corrected chi connectivity index (χ4v) is 2.54. The van der Waals surface area contributed by atoms with Gasteiger partial charge in [-0.1, -0.05) is 12.1 Å². The summed E-state index contributed by atoms with van der Waals surface area (Å²) in [6, 6.07) is 0. The Hall–Kier alpha value is -1.11. The molecule has 108 valence electrons. The average molecular weight is 277 g/mol. The first-order chi connectivity index (χ1) is 8.85. The maximum absolute atomic E-state index is 12.3. The van der Waals surface area contributed by atoms with E-state index in [0.29, 0.717) is 12.5 Å². The van der Waals surface area contributed by atoms with Crippen molar-refractivity contribution in [3.05, 3.63) is 11.7 Å². The molecule has 0 saturated heterocycles. The van der Waals surface area contributed by atoms with Gasteiger partial charge in [0, 0.05) is 6.54 Å². The summed E-state index contributed by atoms with van der Waals surface area (Å²) in [4.78, 5) is 3.91. The van der Waals surface area contributed by atoms with Crippen LogP contribution in [0.15, 0.2) is 4.52 Å². The Balaban J connectivity index is 2.16. The van der Waals surface area contributed by atoms with Crippen molar-refractivity contribution in [2.45, 2.75) is 50.6 Å². The Morgan fingerprint density at radius 3 is 2.53 bits per heavy atom. The molecule has 0 spiro atoms. The highest BCUT2D eigenvalue weighted by atomic mass is 19.4. The zero-order chi connectivity index (χ0) is 14.1. The van der Waals surface area contributed by atoms with Crippen LogP contribution in [0, 0.1) is 5.92 Å². The predicted octanol–water partition coefficient (Wildman–Crippen LogP) is 2.58. The highest BCUT2D eigenvalue weighted by molar-refractivity contribution is 5.08. The van der Waals surface area contributed by atoms with Crippen molar-refractivity contribution < 1.29 is 17.7 Å². The van der Waals surface area contributed by atoms with Crippen molar-refractivity contribution >= 4 is 0 Å². The summed E-state index contributed by atoms with van der Waals surface area (Å²) in [7, 11) is 0.